The highest BCUT2D eigenvalue weighted by molar-refractivity contribution is 7.90. The molecular formula is C13H12FNO2S. The Morgan fingerprint density at radius 1 is 1.22 bits per heavy atom. The van der Waals surface area contributed by atoms with E-state index in [1.54, 1.807) is 25.3 Å². The average molecular weight is 265 g/mol. The standard InChI is InChI=1S/C13H12FNO2S/c1-10-4-3-7-15-13(10)9-18(16,17)12-6-2-5-11(14)8-12/h2-8H,9H2,1H3. The quantitative estimate of drug-likeness (QED) is 0.856. The molecule has 0 atom stereocenters. The van der Waals surface area contributed by atoms with E-state index in [9.17, 15) is 12.8 Å². The second kappa shape index (κ2) is 4.86. The van der Waals surface area contributed by atoms with E-state index in [2.05, 4.69) is 4.98 Å². The van der Waals surface area contributed by atoms with Crippen LogP contribution in [0.1, 0.15) is 11.3 Å². The summed E-state index contributed by atoms with van der Waals surface area (Å²) in [4.78, 5) is 4.02. The maximum atomic E-state index is 13.0. The van der Waals surface area contributed by atoms with Crippen molar-refractivity contribution in [2.45, 2.75) is 17.6 Å². The number of pyridine rings is 1. The predicted octanol–water partition coefficient (Wildman–Crippen LogP) is 2.50. The lowest BCUT2D eigenvalue weighted by Gasteiger charge is -2.06. The number of rotatable bonds is 3. The van der Waals surface area contributed by atoms with Crippen LogP contribution in [0.15, 0.2) is 47.5 Å². The van der Waals surface area contributed by atoms with Gasteiger partial charge in [-0.15, -0.1) is 0 Å². The Morgan fingerprint density at radius 2 is 2.00 bits per heavy atom. The maximum absolute atomic E-state index is 13.0. The molecule has 0 fully saturated rings. The number of nitrogens with zero attached hydrogens (tertiary/aromatic N) is 1. The number of hydrogen-bond donors (Lipinski definition) is 0. The van der Waals surface area contributed by atoms with E-state index in [-0.39, 0.29) is 10.6 Å². The van der Waals surface area contributed by atoms with E-state index in [4.69, 9.17) is 0 Å². The Hall–Kier alpha value is -1.75. The van der Waals surface area contributed by atoms with Crippen LogP contribution in [0, 0.1) is 12.7 Å². The Labute approximate surface area is 105 Å². The van der Waals surface area contributed by atoms with E-state index < -0.39 is 15.7 Å². The zero-order chi connectivity index (χ0) is 13.2. The van der Waals surface area contributed by atoms with Crippen LogP contribution in [0.3, 0.4) is 0 Å². The fraction of sp³-hybridized carbons (Fsp3) is 0.154. The highest BCUT2D eigenvalue weighted by Crippen LogP contribution is 2.17. The Morgan fingerprint density at radius 3 is 2.67 bits per heavy atom. The molecule has 0 aliphatic heterocycles. The summed E-state index contributed by atoms with van der Waals surface area (Å²) in [6, 6.07) is 8.54. The number of sulfone groups is 1. The number of hydrogen-bond acceptors (Lipinski definition) is 3. The van der Waals surface area contributed by atoms with Crippen molar-refractivity contribution in [3.8, 4) is 0 Å². The monoisotopic (exact) mass is 265 g/mol. The summed E-state index contributed by atoms with van der Waals surface area (Å²) in [6.07, 6.45) is 1.55. The summed E-state index contributed by atoms with van der Waals surface area (Å²) in [5.41, 5.74) is 1.29. The molecule has 0 saturated heterocycles. The van der Waals surface area contributed by atoms with Crippen molar-refractivity contribution in [1.82, 2.24) is 4.98 Å². The van der Waals surface area contributed by atoms with Gasteiger partial charge in [-0.3, -0.25) is 4.98 Å². The molecule has 0 radical (unpaired) electrons. The molecular weight excluding hydrogens is 253 g/mol. The summed E-state index contributed by atoms with van der Waals surface area (Å²) >= 11 is 0. The van der Waals surface area contributed by atoms with Gasteiger partial charge in [0.25, 0.3) is 0 Å². The van der Waals surface area contributed by atoms with Crippen LogP contribution in [-0.2, 0) is 15.6 Å². The highest BCUT2D eigenvalue weighted by Gasteiger charge is 2.17. The first-order valence-electron chi connectivity index (χ1n) is 5.38. The first kappa shape index (κ1) is 12.7. The second-order valence-electron chi connectivity index (χ2n) is 3.98. The number of benzene rings is 1. The fourth-order valence-corrected chi connectivity index (χ4v) is 3.00. The summed E-state index contributed by atoms with van der Waals surface area (Å²) < 4.78 is 37.2. The van der Waals surface area contributed by atoms with Gasteiger partial charge < -0.3 is 0 Å². The van der Waals surface area contributed by atoms with Crippen LogP contribution in [0.25, 0.3) is 0 Å². The Kier molecular flexibility index (Phi) is 3.43. The van der Waals surface area contributed by atoms with E-state index >= 15 is 0 Å². The first-order chi connectivity index (χ1) is 8.49. The summed E-state index contributed by atoms with van der Waals surface area (Å²) in [5, 5.41) is 0. The number of aromatic nitrogens is 1. The summed E-state index contributed by atoms with van der Waals surface area (Å²) in [5.74, 6) is -0.780. The molecule has 2 aromatic rings. The Bertz CT molecular complexity index is 668. The zero-order valence-corrected chi connectivity index (χ0v) is 10.6. The van der Waals surface area contributed by atoms with Crippen molar-refractivity contribution >= 4 is 9.84 Å². The lowest BCUT2D eigenvalue weighted by Crippen LogP contribution is -2.07. The first-order valence-corrected chi connectivity index (χ1v) is 7.03. The van der Waals surface area contributed by atoms with Gasteiger partial charge in [0, 0.05) is 6.20 Å². The van der Waals surface area contributed by atoms with Gasteiger partial charge in [-0.1, -0.05) is 12.1 Å². The molecule has 0 amide bonds. The van der Waals surface area contributed by atoms with Crippen LogP contribution < -0.4 is 0 Å². The van der Waals surface area contributed by atoms with Crippen LogP contribution >= 0.6 is 0 Å². The van der Waals surface area contributed by atoms with E-state index in [1.807, 2.05) is 0 Å². The van der Waals surface area contributed by atoms with E-state index in [0.717, 1.165) is 11.6 Å². The number of aryl methyl sites for hydroxylation is 1. The second-order valence-corrected chi connectivity index (χ2v) is 5.97. The molecule has 0 N–H and O–H groups in total. The smallest absolute Gasteiger partial charge is 0.184 e. The third-order valence-corrected chi connectivity index (χ3v) is 4.23. The molecule has 5 heteroatoms. The molecule has 3 nitrogen and oxygen atoms in total. The zero-order valence-electron chi connectivity index (χ0n) is 9.80. The van der Waals surface area contributed by atoms with Gasteiger partial charge in [0.15, 0.2) is 9.84 Å². The van der Waals surface area contributed by atoms with Crippen LogP contribution in [0.4, 0.5) is 4.39 Å². The average Bonchev–Trinajstić information content (AvgIpc) is 2.32. The predicted molar refractivity (Wildman–Crippen MR) is 66.3 cm³/mol. The van der Waals surface area contributed by atoms with Crippen molar-refractivity contribution in [1.29, 1.82) is 0 Å². The van der Waals surface area contributed by atoms with E-state index in [0.29, 0.717) is 5.69 Å². The summed E-state index contributed by atoms with van der Waals surface area (Å²) in [6.45, 7) is 1.80. The normalized spacial score (nSPS) is 11.4. The van der Waals surface area contributed by atoms with Gasteiger partial charge in [-0.05, 0) is 36.8 Å². The molecule has 1 aromatic carbocycles. The molecule has 1 aromatic heterocycles. The van der Waals surface area contributed by atoms with Gasteiger partial charge in [-0.2, -0.15) is 0 Å². The number of halogens is 1. The fourth-order valence-electron chi connectivity index (χ4n) is 1.59. The van der Waals surface area contributed by atoms with Gasteiger partial charge >= 0.3 is 0 Å². The minimum atomic E-state index is -3.56. The van der Waals surface area contributed by atoms with Gasteiger partial charge in [0.1, 0.15) is 5.82 Å². The molecule has 18 heavy (non-hydrogen) atoms. The molecule has 2 rings (SSSR count). The van der Waals surface area contributed by atoms with Crippen molar-refractivity contribution in [3.05, 3.63) is 59.7 Å². The molecule has 94 valence electrons. The molecule has 1 heterocycles. The van der Waals surface area contributed by atoms with Crippen molar-refractivity contribution in [2.75, 3.05) is 0 Å². The van der Waals surface area contributed by atoms with Crippen molar-refractivity contribution in [3.63, 3.8) is 0 Å². The van der Waals surface area contributed by atoms with E-state index in [1.165, 1.54) is 18.2 Å². The molecule has 0 unspecified atom stereocenters. The third kappa shape index (κ3) is 2.73. The molecule has 0 aliphatic rings. The van der Waals surface area contributed by atoms with Gasteiger partial charge in [-0.25, -0.2) is 12.8 Å². The van der Waals surface area contributed by atoms with Gasteiger partial charge in [0.2, 0.25) is 0 Å². The SMILES string of the molecule is Cc1cccnc1CS(=O)(=O)c1cccc(F)c1. The largest absolute Gasteiger partial charge is 0.260 e. The Balaban J connectivity index is 2.37. The molecule has 0 spiro atoms. The molecule has 0 aliphatic carbocycles. The van der Waals surface area contributed by atoms with Crippen LogP contribution in [0.5, 0.6) is 0 Å². The molecule has 0 bridgehead atoms. The van der Waals surface area contributed by atoms with Crippen molar-refractivity contribution in [2.24, 2.45) is 0 Å². The topological polar surface area (TPSA) is 47.0 Å². The lowest BCUT2D eigenvalue weighted by atomic mass is 10.2. The van der Waals surface area contributed by atoms with Crippen LogP contribution in [0.2, 0.25) is 0 Å². The third-order valence-electron chi connectivity index (χ3n) is 2.60. The highest BCUT2D eigenvalue weighted by atomic mass is 32.2. The molecule has 0 saturated carbocycles. The lowest BCUT2D eigenvalue weighted by molar-refractivity contribution is 0.589. The summed E-state index contributed by atoms with van der Waals surface area (Å²) in [7, 11) is -3.56. The minimum absolute atomic E-state index is 0.0208. The van der Waals surface area contributed by atoms with Crippen molar-refractivity contribution < 1.29 is 12.8 Å². The van der Waals surface area contributed by atoms with Gasteiger partial charge in [0.05, 0.1) is 16.3 Å². The van der Waals surface area contributed by atoms with Crippen LogP contribution in [-0.4, -0.2) is 13.4 Å². The maximum Gasteiger partial charge on any atom is 0.184 e. The minimum Gasteiger partial charge on any atom is -0.260 e.